The summed E-state index contributed by atoms with van der Waals surface area (Å²) in [6.45, 7) is 0. The first-order chi connectivity index (χ1) is 9.43. The van der Waals surface area contributed by atoms with Crippen molar-refractivity contribution in [2.75, 3.05) is 0 Å². The molecule has 0 unspecified atom stereocenters. The van der Waals surface area contributed by atoms with Crippen molar-refractivity contribution in [3.8, 4) is 0 Å². The van der Waals surface area contributed by atoms with Crippen molar-refractivity contribution < 1.29 is 0 Å². The molecule has 0 N–H and O–H groups in total. The van der Waals surface area contributed by atoms with Gasteiger partial charge in [0.05, 0.1) is 0 Å². The van der Waals surface area contributed by atoms with E-state index in [4.69, 9.17) is 0 Å². The highest BCUT2D eigenvalue weighted by Gasteiger charge is 2.26. The predicted molar refractivity (Wildman–Crippen MR) is 81.6 cm³/mol. The van der Waals surface area contributed by atoms with E-state index in [1.807, 2.05) is 0 Å². The Kier molecular flexibility index (Phi) is 2.98. The Labute approximate surface area is 116 Å². The average Bonchev–Trinajstić information content (AvgIpc) is 3.19. The van der Waals surface area contributed by atoms with E-state index < -0.39 is 0 Å². The van der Waals surface area contributed by atoms with Crippen LogP contribution in [0, 0.1) is 0 Å². The van der Waals surface area contributed by atoms with E-state index >= 15 is 0 Å². The highest BCUT2D eigenvalue weighted by Crippen LogP contribution is 2.43. The Morgan fingerprint density at radius 3 is 2.00 bits per heavy atom. The molecule has 0 atom stereocenters. The van der Waals surface area contributed by atoms with E-state index in [-0.39, 0.29) is 0 Å². The van der Waals surface area contributed by atoms with Gasteiger partial charge >= 0.3 is 0 Å². The van der Waals surface area contributed by atoms with Crippen LogP contribution in [0.1, 0.15) is 85.5 Å². The fourth-order valence-electron chi connectivity index (χ4n) is 4.63. The van der Waals surface area contributed by atoms with Crippen molar-refractivity contribution in [1.82, 2.24) is 0 Å². The van der Waals surface area contributed by atoms with Crippen molar-refractivity contribution in [2.24, 2.45) is 0 Å². The highest BCUT2D eigenvalue weighted by atomic mass is 14.3. The zero-order chi connectivity index (χ0) is 12.7. The van der Waals surface area contributed by atoms with E-state index in [0.29, 0.717) is 0 Å². The van der Waals surface area contributed by atoms with Crippen LogP contribution < -0.4 is 0 Å². The molecule has 3 aliphatic carbocycles. The van der Waals surface area contributed by atoms with Gasteiger partial charge in [0.1, 0.15) is 0 Å². The van der Waals surface area contributed by atoms with E-state index in [1.54, 1.807) is 22.3 Å². The summed E-state index contributed by atoms with van der Waals surface area (Å²) in [4.78, 5) is 0. The molecule has 0 nitrogen and oxygen atoms in total. The van der Waals surface area contributed by atoms with E-state index in [2.05, 4.69) is 24.3 Å². The van der Waals surface area contributed by atoms with Gasteiger partial charge in [0.2, 0.25) is 0 Å². The van der Waals surface area contributed by atoms with Crippen LogP contribution >= 0.6 is 0 Å². The van der Waals surface area contributed by atoms with Crippen molar-refractivity contribution in [3.05, 3.63) is 40.5 Å². The van der Waals surface area contributed by atoms with Gasteiger partial charge < -0.3 is 0 Å². The number of rotatable bonds is 2. The maximum absolute atomic E-state index is 2.50. The van der Waals surface area contributed by atoms with Gasteiger partial charge in [-0.15, -0.1) is 0 Å². The Hall–Kier alpha value is -1.04. The molecule has 100 valence electrons. The lowest BCUT2D eigenvalue weighted by molar-refractivity contribution is 0.701. The minimum absolute atomic E-state index is 0.856. The van der Waals surface area contributed by atoms with E-state index in [9.17, 15) is 0 Å². The minimum atomic E-state index is 0.856. The molecule has 0 saturated heterocycles. The second-order valence-electron chi connectivity index (χ2n) is 6.71. The fraction of sp³-hybridized carbons (Fsp3) is 0.579. The largest absolute Gasteiger partial charge is 0.0795 e. The Morgan fingerprint density at radius 1 is 0.737 bits per heavy atom. The maximum atomic E-state index is 2.50. The average molecular weight is 252 g/mol. The zero-order valence-electron chi connectivity index (χ0n) is 11.8. The molecule has 3 aliphatic rings. The fourth-order valence-corrected chi connectivity index (χ4v) is 4.63. The van der Waals surface area contributed by atoms with Crippen LogP contribution in [-0.2, 0) is 6.42 Å². The molecule has 0 aliphatic heterocycles. The predicted octanol–water partition coefficient (Wildman–Crippen LogP) is 5.57. The summed E-state index contributed by atoms with van der Waals surface area (Å²) in [7, 11) is 0. The van der Waals surface area contributed by atoms with Gasteiger partial charge in [-0.3, -0.25) is 0 Å². The quantitative estimate of drug-likeness (QED) is 0.645. The van der Waals surface area contributed by atoms with Crippen LogP contribution in [0.2, 0.25) is 0 Å². The molecule has 19 heavy (non-hydrogen) atoms. The van der Waals surface area contributed by atoms with Crippen LogP contribution in [0.3, 0.4) is 0 Å². The first-order valence-electron chi connectivity index (χ1n) is 8.25. The van der Waals surface area contributed by atoms with Gasteiger partial charge in [-0.2, -0.15) is 0 Å². The Morgan fingerprint density at radius 2 is 1.32 bits per heavy atom. The monoisotopic (exact) mass is 252 g/mol. The first-order valence-corrected chi connectivity index (χ1v) is 8.25. The number of benzene rings is 1. The molecule has 1 aromatic rings. The standard InChI is InChI=1S/C19H24/c1-2-7-14(6-1)16-12-13-17(15-8-3-4-9-15)19-11-5-10-18(16)19/h5,10,12-15H,1-4,6-9,11H2. The summed E-state index contributed by atoms with van der Waals surface area (Å²) in [5.74, 6) is 1.72. The summed E-state index contributed by atoms with van der Waals surface area (Å²) in [5, 5.41) is 0. The van der Waals surface area contributed by atoms with Crippen LogP contribution in [0.15, 0.2) is 18.2 Å². The van der Waals surface area contributed by atoms with Crippen LogP contribution in [0.5, 0.6) is 0 Å². The number of hydrogen-bond donors (Lipinski definition) is 0. The Bertz CT molecular complexity index is 497. The maximum Gasteiger partial charge on any atom is -0.00852 e. The SMILES string of the molecule is C1=Cc2c(C3CCCC3)ccc(C3CCCC3)c2C1. The lowest BCUT2D eigenvalue weighted by Crippen LogP contribution is -2.04. The number of fused-ring (bicyclic) bond motifs is 1. The lowest BCUT2D eigenvalue weighted by Gasteiger charge is -2.20. The van der Waals surface area contributed by atoms with Crippen LogP contribution in [0.4, 0.5) is 0 Å². The molecule has 2 saturated carbocycles. The third kappa shape index (κ3) is 1.96. The second-order valence-corrected chi connectivity index (χ2v) is 6.71. The summed E-state index contributed by atoms with van der Waals surface area (Å²) in [6.07, 6.45) is 17.5. The normalized spacial score (nSPS) is 23.4. The molecule has 0 bridgehead atoms. The van der Waals surface area contributed by atoms with Crippen molar-refractivity contribution in [1.29, 1.82) is 0 Å². The minimum Gasteiger partial charge on any atom is -0.0795 e. The first kappa shape index (κ1) is 11.8. The molecule has 4 rings (SSSR count). The van der Waals surface area contributed by atoms with E-state index in [1.165, 1.54) is 57.8 Å². The summed E-state index contributed by atoms with van der Waals surface area (Å²) < 4.78 is 0. The van der Waals surface area contributed by atoms with Gasteiger partial charge in [0.25, 0.3) is 0 Å². The van der Waals surface area contributed by atoms with Gasteiger partial charge in [-0.1, -0.05) is 50.0 Å². The molecule has 2 fully saturated rings. The number of allylic oxidation sites excluding steroid dienone is 1. The zero-order valence-corrected chi connectivity index (χ0v) is 11.8. The van der Waals surface area contributed by atoms with Crippen molar-refractivity contribution in [3.63, 3.8) is 0 Å². The summed E-state index contributed by atoms with van der Waals surface area (Å²) in [5.41, 5.74) is 6.68. The molecule has 0 aromatic heterocycles. The Balaban J connectivity index is 1.74. The lowest BCUT2D eigenvalue weighted by atomic mass is 9.84. The molecular weight excluding hydrogens is 228 g/mol. The molecule has 0 amide bonds. The molecule has 0 heterocycles. The second kappa shape index (κ2) is 4.81. The molecule has 1 aromatic carbocycles. The molecule has 0 heteroatoms. The molecular formula is C19H24. The van der Waals surface area contributed by atoms with Gasteiger partial charge in [-0.25, -0.2) is 0 Å². The van der Waals surface area contributed by atoms with Crippen molar-refractivity contribution in [2.45, 2.75) is 69.6 Å². The third-order valence-electron chi connectivity index (χ3n) is 5.62. The van der Waals surface area contributed by atoms with Crippen LogP contribution in [0.25, 0.3) is 6.08 Å². The highest BCUT2D eigenvalue weighted by molar-refractivity contribution is 5.66. The van der Waals surface area contributed by atoms with Crippen molar-refractivity contribution >= 4 is 6.08 Å². The van der Waals surface area contributed by atoms with E-state index in [0.717, 1.165) is 11.8 Å². The summed E-state index contributed by atoms with van der Waals surface area (Å²) in [6, 6.07) is 4.98. The molecule has 0 radical (unpaired) electrons. The van der Waals surface area contributed by atoms with Gasteiger partial charge in [0.15, 0.2) is 0 Å². The molecule has 0 spiro atoms. The number of hydrogen-bond acceptors (Lipinski definition) is 0. The summed E-state index contributed by atoms with van der Waals surface area (Å²) >= 11 is 0. The smallest absolute Gasteiger partial charge is 0.00852 e. The van der Waals surface area contributed by atoms with Gasteiger partial charge in [-0.05, 0) is 66.2 Å². The third-order valence-corrected chi connectivity index (χ3v) is 5.62. The van der Waals surface area contributed by atoms with Gasteiger partial charge in [0, 0.05) is 0 Å². The van der Waals surface area contributed by atoms with Crippen LogP contribution in [-0.4, -0.2) is 0 Å². The topological polar surface area (TPSA) is 0 Å².